The highest BCUT2D eigenvalue weighted by Gasteiger charge is 2.51. The van der Waals surface area contributed by atoms with Crippen molar-refractivity contribution in [1.29, 1.82) is 0 Å². The molecule has 3 nitrogen and oxygen atoms in total. The first-order valence-electron chi connectivity index (χ1n) is 6.50. The monoisotopic (exact) mass is 215 g/mol. The number of nitrogens with zero attached hydrogens (tertiary/aromatic N) is 3. The van der Waals surface area contributed by atoms with Gasteiger partial charge in [-0.15, -0.1) is 0 Å². The lowest BCUT2D eigenvalue weighted by Gasteiger charge is -2.24. The molecule has 3 aliphatic rings. The van der Waals surface area contributed by atoms with Crippen molar-refractivity contribution in [2.24, 2.45) is 0 Å². The van der Waals surface area contributed by atoms with Gasteiger partial charge in [0.1, 0.15) is 0 Å². The van der Waals surface area contributed by atoms with Gasteiger partial charge >= 0.3 is 0 Å². The molecule has 2 fully saturated rings. The Morgan fingerprint density at radius 1 is 1.12 bits per heavy atom. The molecule has 3 heteroatoms. The first-order valence-corrected chi connectivity index (χ1v) is 6.50. The summed E-state index contributed by atoms with van der Waals surface area (Å²) in [4.78, 5) is 11.8. The minimum atomic E-state index is 0.479. The van der Waals surface area contributed by atoms with E-state index in [4.69, 9.17) is 4.98 Å². The second-order valence-corrected chi connectivity index (χ2v) is 5.48. The molecule has 0 unspecified atom stereocenters. The van der Waals surface area contributed by atoms with E-state index in [9.17, 15) is 0 Å². The van der Waals surface area contributed by atoms with Crippen LogP contribution < -0.4 is 4.90 Å². The second kappa shape index (κ2) is 2.96. The maximum atomic E-state index is 4.79. The van der Waals surface area contributed by atoms with Crippen LogP contribution in [0.3, 0.4) is 0 Å². The van der Waals surface area contributed by atoms with Crippen LogP contribution in [0.5, 0.6) is 0 Å². The molecule has 2 aliphatic carbocycles. The van der Waals surface area contributed by atoms with E-state index in [1.165, 1.54) is 56.3 Å². The summed E-state index contributed by atoms with van der Waals surface area (Å²) >= 11 is 0. The van der Waals surface area contributed by atoms with Crippen molar-refractivity contribution in [3.63, 3.8) is 0 Å². The maximum Gasteiger partial charge on any atom is 0.225 e. The molecule has 0 aromatic carbocycles. The van der Waals surface area contributed by atoms with Gasteiger partial charge in [-0.05, 0) is 50.5 Å². The van der Waals surface area contributed by atoms with Gasteiger partial charge in [0.05, 0.1) is 0 Å². The van der Waals surface area contributed by atoms with Crippen molar-refractivity contribution in [2.45, 2.75) is 50.5 Å². The molecule has 0 N–H and O–H groups in total. The zero-order chi connectivity index (χ0) is 10.6. The average Bonchev–Trinajstić information content (AvgIpc) is 2.76. The number of hydrogen-bond donors (Lipinski definition) is 0. The van der Waals surface area contributed by atoms with Crippen molar-refractivity contribution in [2.75, 3.05) is 11.4 Å². The Hall–Kier alpha value is -1.12. The molecule has 1 saturated heterocycles. The lowest BCUT2D eigenvalue weighted by molar-refractivity contribution is 0.654. The van der Waals surface area contributed by atoms with Crippen LogP contribution in [0.2, 0.25) is 0 Å². The fraction of sp³-hybridized carbons (Fsp3) is 0.692. The molecule has 16 heavy (non-hydrogen) atoms. The van der Waals surface area contributed by atoms with Crippen molar-refractivity contribution in [3.05, 3.63) is 17.5 Å². The Bertz CT molecular complexity index is 437. The fourth-order valence-corrected chi connectivity index (χ4v) is 3.35. The number of aryl methyl sites for hydroxylation is 2. The topological polar surface area (TPSA) is 29.0 Å². The third-order valence-electron chi connectivity index (χ3n) is 4.47. The standard InChI is InChI=1S/C13H17N3/c1-3-10-9-14-12(15-11(10)4-1)16-8-2-5-13(16)6-7-13/h9H,1-8H2. The number of rotatable bonds is 1. The highest BCUT2D eigenvalue weighted by molar-refractivity contribution is 5.43. The van der Waals surface area contributed by atoms with Crippen LogP contribution in [0.15, 0.2) is 6.20 Å². The summed E-state index contributed by atoms with van der Waals surface area (Å²) in [5, 5.41) is 0. The van der Waals surface area contributed by atoms with E-state index in [1.54, 1.807) is 0 Å². The summed E-state index contributed by atoms with van der Waals surface area (Å²) in [6, 6.07) is 0. The smallest absolute Gasteiger partial charge is 0.225 e. The molecular weight excluding hydrogens is 198 g/mol. The quantitative estimate of drug-likeness (QED) is 0.718. The van der Waals surface area contributed by atoms with Gasteiger partial charge in [0.2, 0.25) is 5.95 Å². The van der Waals surface area contributed by atoms with Gasteiger partial charge in [-0.25, -0.2) is 9.97 Å². The third-order valence-corrected chi connectivity index (χ3v) is 4.47. The number of hydrogen-bond acceptors (Lipinski definition) is 3. The molecule has 1 aliphatic heterocycles. The summed E-state index contributed by atoms with van der Waals surface area (Å²) in [5.41, 5.74) is 3.17. The molecule has 1 aromatic heterocycles. The molecule has 2 heterocycles. The number of aromatic nitrogens is 2. The Balaban J connectivity index is 1.72. The van der Waals surface area contributed by atoms with Crippen molar-refractivity contribution < 1.29 is 0 Å². The van der Waals surface area contributed by atoms with Crippen LogP contribution in [0.1, 0.15) is 43.4 Å². The van der Waals surface area contributed by atoms with Gasteiger partial charge in [0.15, 0.2) is 0 Å². The predicted octanol–water partition coefficient (Wildman–Crippen LogP) is 2.10. The summed E-state index contributed by atoms with van der Waals surface area (Å²) < 4.78 is 0. The van der Waals surface area contributed by atoms with E-state index in [2.05, 4.69) is 16.1 Å². The second-order valence-electron chi connectivity index (χ2n) is 5.48. The van der Waals surface area contributed by atoms with Gasteiger partial charge in [-0.2, -0.15) is 0 Å². The van der Waals surface area contributed by atoms with Crippen LogP contribution in [-0.2, 0) is 12.8 Å². The van der Waals surface area contributed by atoms with Gasteiger partial charge < -0.3 is 4.90 Å². The lowest BCUT2D eigenvalue weighted by Crippen LogP contribution is -2.32. The van der Waals surface area contributed by atoms with Crippen LogP contribution in [0, 0.1) is 0 Å². The normalized spacial score (nSPS) is 25.1. The average molecular weight is 215 g/mol. The molecular formula is C13H17N3. The SMILES string of the molecule is c1nc(N2CCCC23CC3)nc2c1CCC2. The summed E-state index contributed by atoms with van der Waals surface area (Å²) in [7, 11) is 0. The molecule has 1 aromatic rings. The van der Waals surface area contributed by atoms with Crippen LogP contribution in [0.4, 0.5) is 5.95 Å². The first kappa shape index (κ1) is 8.97. The largest absolute Gasteiger partial charge is 0.335 e. The molecule has 1 saturated carbocycles. The van der Waals surface area contributed by atoms with Crippen molar-refractivity contribution >= 4 is 5.95 Å². The highest BCUT2D eigenvalue weighted by Crippen LogP contribution is 2.50. The Labute approximate surface area is 95.9 Å². The Kier molecular flexibility index (Phi) is 1.66. The van der Waals surface area contributed by atoms with E-state index >= 15 is 0 Å². The third kappa shape index (κ3) is 1.14. The zero-order valence-corrected chi connectivity index (χ0v) is 9.58. The lowest BCUT2D eigenvalue weighted by atomic mass is 10.2. The van der Waals surface area contributed by atoms with Gasteiger partial charge in [-0.1, -0.05) is 0 Å². The molecule has 84 valence electrons. The van der Waals surface area contributed by atoms with Crippen LogP contribution in [0.25, 0.3) is 0 Å². The maximum absolute atomic E-state index is 4.79. The fourth-order valence-electron chi connectivity index (χ4n) is 3.35. The molecule has 0 bridgehead atoms. The minimum Gasteiger partial charge on any atom is -0.335 e. The van der Waals surface area contributed by atoms with Gasteiger partial charge in [0.25, 0.3) is 0 Å². The van der Waals surface area contributed by atoms with E-state index in [-0.39, 0.29) is 0 Å². The summed E-state index contributed by atoms with van der Waals surface area (Å²) in [6.45, 7) is 1.17. The van der Waals surface area contributed by atoms with E-state index in [1.807, 2.05) is 0 Å². The van der Waals surface area contributed by atoms with E-state index < -0.39 is 0 Å². The molecule has 4 rings (SSSR count). The summed E-state index contributed by atoms with van der Waals surface area (Å²) in [5.74, 6) is 1.01. The highest BCUT2D eigenvalue weighted by atomic mass is 15.3. The van der Waals surface area contributed by atoms with Crippen LogP contribution in [-0.4, -0.2) is 22.1 Å². The molecule has 0 atom stereocenters. The minimum absolute atomic E-state index is 0.479. The van der Waals surface area contributed by atoms with Crippen LogP contribution >= 0.6 is 0 Å². The predicted molar refractivity (Wildman–Crippen MR) is 62.6 cm³/mol. The van der Waals surface area contributed by atoms with Crippen molar-refractivity contribution in [1.82, 2.24) is 9.97 Å². The first-order chi connectivity index (χ1) is 7.87. The zero-order valence-electron chi connectivity index (χ0n) is 9.58. The van der Waals surface area contributed by atoms with Crippen molar-refractivity contribution in [3.8, 4) is 0 Å². The molecule has 0 amide bonds. The molecule has 1 spiro atoms. The number of fused-ring (bicyclic) bond motifs is 1. The Morgan fingerprint density at radius 3 is 2.94 bits per heavy atom. The van der Waals surface area contributed by atoms with Gasteiger partial charge in [0, 0.05) is 24.0 Å². The molecule has 0 radical (unpaired) electrons. The van der Waals surface area contributed by atoms with E-state index in [0.717, 1.165) is 12.4 Å². The van der Waals surface area contributed by atoms with E-state index in [0.29, 0.717) is 5.54 Å². The van der Waals surface area contributed by atoms with Gasteiger partial charge in [-0.3, -0.25) is 0 Å². The summed E-state index contributed by atoms with van der Waals surface area (Å²) in [6.07, 6.45) is 11.1. The Morgan fingerprint density at radius 2 is 2.06 bits per heavy atom. The number of anilines is 1.